The van der Waals surface area contributed by atoms with Crippen molar-refractivity contribution in [1.82, 2.24) is 4.98 Å². The van der Waals surface area contributed by atoms with Gasteiger partial charge >= 0.3 is 0 Å². The number of hydrogen-bond acceptors (Lipinski definition) is 5. The van der Waals surface area contributed by atoms with Gasteiger partial charge in [-0.25, -0.2) is 4.98 Å². The number of benzene rings is 1. The molecule has 1 aromatic carbocycles. The summed E-state index contributed by atoms with van der Waals surface area (Å²) in [5.41, 5.74) is 7.65. The Balaban J connectivity index is 2.33. The fourth-order valence-corrected chi connectivity index (χ4v) is 2.95. The summed E-state index contributed by atoms with van der Waals surface area (Å²) in [6.45, 7) is 1.76. The lowest BCUT2D eigenvalue weighted by Crippen LogP contribution is -2.17. The molecule has 0 spiro atoms. The van der Waals surface area contributed by atoms with Crippen LogP contribution < -0.4 is 16.0 Å². The number of amides is 1. The molecule has 0 fully saturated rings. The number of halogens is 1. The van der Waals surface area contributed by atoms with Crippen molar-refractivity contribution in [3.8, 4) is 0 Å². The van der Waals surface area contributed by atoms with Crippen LogP contribution in [-0.2, 0) is 0 Å². The Morgan fingerprint density at radius 1 is 1.45 bits per heavy atom. The van der Waals surface area contributed by atoms with Gasteiger partial charge in [-0.1, -0.05) is 29.0 Å². The van der Waals surface area contributed by atoms with Crippen LogP contribution in [0.1, 0.15) is 15.4 Å². The van der Waals surface area contributed by atoms with Crippen molar-refractivity contribution in [2.75, 3.05) is 30.0 Å². The molecule has 2 aromatic rings. The van der Waals surface area contributed by atoms with Gasteiger partial charge in [0.1, 0.15) is 4.88 Å². The smallest absolute Gasteiger partial charge is 0.267 e. The van der Waals surface area contributed by atoms with Gasteiger partial charge in [-0.15, -0.1) is 0 Å². The van der Waals surface area contributed by atoms with Gasteiger partial charge < -0.3 is 16.0 Å². The van der Waals surface area contributed by atoms with Crippen LogP contribution in [0.3, 0.4) is 0 Å². The summed E-state index contributed by atoms with van der Waals surface area (Å²) in [6.07, 6.45) is 0. The van der Waals surface area contributed by atoms with E-state index in [1.165, 1.54) is 11.3 Å². The van der Waals surface area contributed by atoms with Crippen molar-refractivity contribution in [2.24, 2.45) is 0 Å². The number of hydrogen-bond donors (Lipinski definition) is 2. The zero-order valence-corrected chi connectivity index (χ0v) is 13.0. The van der Waals surface area contributed by atoms with Crippen LogP contribution in [0, 0.1) is 6.92 Å². The summed E-state index contributed by atoms with van der Waals surface area (Å²) in [5.74, 6) is -0.234. The van der Waals surface area contributed by atoms with Crippen LogP contribution >= 0.6 is 22.9 Å². The maximum Gasteiger partial charge on any atom is 0.267 e. The van der Waals surface area contributed by atoms with Crippen molar-refractivity contribution < 1.29 is 4.79 Å². The van der Waals surface area contributed by atoms with Crippen molar-refractivity contribution >= 4 is 45.4 Å². The number of thiazole rings is 1. The average Bonchev–Trinajstić information content (AvgIpc) is 2.68. The van der Waals surface area contributed by atoms with Crippen molar-refractivity contribution in [1.29, 1.82) is 0 Å². The molecule has 1 amide bonds. The highest BCUT2D eigenvalue weighted by molar-refractivity contribution is 7.17. The quantitative estimate of drug-likeness (QED) is 0.914. The molecule has 0 unspecified atom stereocenters. The first-order chi connectivity index (χ1) is 9.40. The van der Waals surface area contributed by atoms with E-state index in [9.17, 15) is 4.79 Å². The zero-order chi connectivity index (χ0) is 14.9. The second kappa shape index (κ2) is 5.68. The number of aryl methyl sites for hydroxylation is 1. The fourth-order valence-electron chi connectivity index (χ4n) is 1.88. The SMILES string of the molecule is Cc1nc(N)sc1C(=O)Nc1cccc(Cl)c1N(C)C. The van der Waals surface area contributed by atoms with E-state index in [2.05, 4.69) is 10.3 Å². The number of rotatable bonds is 3. The number of aromatic nitrogens is 1. The predicted octanol–water partition coefficient (Wildman–Crippen LogP) is 3.01. The van der Waals surface area contributed by atoms with Gasteiger partial charge in [0.25, 0.3) is 5.91 Å². The minimum Gasteiger partial charge on any atom is -0.375 e. The molecule has 0 saturated carbocycles. The Kier molecular flexibility index (Phi) is 4.15. The Labute approximate surface area is 126 Å². The molecule has 0 atom stereocenters. The highest BCUT2D eigenvalue weighted by Crippen LogP contribution is 2.33. The monoisotopic (exact) mass is 310 g/mol. The van der Waals surface area contributed by atoms with E-state index >= 15 is 0 Å². The molecule has 106 valence electrons. The summed E-state index contributed by atoms with van der Waals surface area (Å²) in [5, 5.41) is 3.81. The van der Waals surface area contributed by atoms with Crippen molar-refractivity contribution in [3.63, 3.8) is 0 Å². The first kappa shape index (κ1) is 14.6. The van der Waals surface area contributed by atoms with Crippen LogP contribution in [0.25, 0.3) is 0 Å². The van der Waals surface area contributed by atoms with E-state index in [1.807, 2.05) is 19.0 Å². The molecule has 7 heteroatoms. The lowest BCUT2D eigenvalue weighted by atomic mass is 10.2. The maximum absolute atomic E-state index is 12.3. The van der Waals surface area contributed by atoms with E-state index in [0.29, 0.717) is 26.4 Å². The lowest BCUT2D eigenvalue weighted by molar-refractivity contribution is 0.103. The van der Waals surface area contributed by atoms with Crippen LogP contribution in [0.4, 0.5) is 16.5 Å². The van der Waals surface area contributed by atoms with Crippen LogP contribution in [0.15, 0.2) is 18.2 Å². The second-order valence-electron chi connectivity index (χ2n) is 4.45. The van der Waals surface area contributed by atoms with E-state index < -0.39 is 0 Å². The van der Waals surface area contributed by atoms with Gasteiger partial charge in [-0.05, 0) is 19.1 Å². The highest BCUT2D eigenvalue weighted by Gasteiger charge is 2.17. The Bertz CT molecular complexity index is 654. The number of nitrogens with zero attached hydrogens (tertiary/aromatic N) is 2. The standard InChI is InChI=1S/C13H15ClN4OS/c1-7-11(20-13(15)16-7)12(19)17-9-6-4-5-8(14)10(9)18(2)3/h4-6H,1-3H3,(H2,15,16)(H,17,19). The number of nitrogens with two attached hydrogens (primary N) is 1. The molecule has 2 rings (SSSR count). The van der Waals surface area contributed by atoms with Gasteiger partial charge in [-0.2, -0.15) is 0 Å². The predicted molar refractivity (Wildman–Crippen MR) is 85.0 cm³/mol. The summed E-state index contributed by atoms with van der Waals surface area (Å²) in [4.78, 5) is 18.7. The summed E-state index contributed by atoms with van der Waals surface area (Å²) >= 11 is 7.33. The van der Waals surface area contributed by atoms with Gasteiger partial charge in [0, 0.05) is 14.1 Å². The van der Waals surface area contributed by atoms with E-state index in [0.717, 1.165) is 5.69 Å². The molecule has 0 saturated heterocycles. The molecule has 20 heavy (non-hydrogen) atoms. The number of anilines is 3. The second-order valence-corrected chi connectivity index (χ2v) is 5.89. The molecule has 1 aromatic heterocycles. The molecule has 1 heterocycles. The van der Waals surface area contributed by atoms with Crippen LogP contribution in [0.5, 0.6) is 0 Å². The molecule has 0 radical (unpaired) electrons. The Morgan fingerprint density at radius 3 is 2.70 bits per heavy atom. The zero-order valence-electron chi connectivity index (χ0n) is 11.4. The van der Waals surface area contributed by atoms with Gasteiger partial charge in [-0.3, -0.25) is 4.79 Å². The van der Waals surface area contributed by atoms with E-state index in [4.69, 9.17) is 17.3 Å². The molecule has 0 aliphatic heterocycles. The van der Waals surface area contributed by atoms with Crippen LogP contribution in [0.2, 0.25) is 5.02 Å². The Morgan fingerprint density at radius 2 is 2.15 bits per heavy atom. The highest BCUT2D eigenvalue weighted by atomic mass is 35.5. The first-order valence-electron chi connectivity index (χ1n) is 5.90. The van der Waals surface area contributed by atoms with E-state index in [1.54, 1.807) is 25.1 Å². The van der Waals surface area contributed by atoms with Crippen molar-refractivity contribution in [2.45, 2.75) is 6.92 Å². The number of nitrogens with one attached hydrogen (secondary N) is 1. The number of carbonyl (C=O) groups is 1. The first-order valence-corrected chi connectivity index (χ1v) is 7.09. The largest absolute Gasteiger partial charge is 0.375 e. The molecular weight excluding hydrogens is 296 g/mol. The Hall–Kier alpha value is -1.79. The minimum atomic E-state index is -0.234. The average molecular weight is 311 g/mol. The third-order valence-corrected chi connectivity index (χ3v) is 3.99. The molecule has 0 aliphatic rings. The molecule has 5 nitrogen and oxygen atoms in total. The molecular formula is C13H15ClN4OS. The van der Waals surface area contributed by atoms with Crippen molar-refractivity contribution in [3.05, 3.63) is 33.8 Å². The normalized spacial score (nSPS) is 10.4. The van der Waals surface area contributed by atoms with Gasteiger partial charge in [0.05, 0.1) is 22.1 Å². The molecule has 0 bridgehead atoms. The summed E-state index contributed by atoms with van der Waals surface area (Å²) < 4.78 is 0. The topological polar surface area (TPSA) is 71.2 Å². The molecule has 3 N–H and O–H groups in total. The summed E-state index contributed by atoms with van der Waals surface area (Å²) in [6, 6.07) is 5.38. The number of nitrogen functional groups attached to an aromatic ring is 1. The number of carbonyl (C=O) groups excluding carboxylic acids is 1. The summed E-state index contributed by atoms with van der Waals surface area (Å²) in [7, 11) is 3.74. The third-order valence-electron chi connectivity index (χ3n) is 2.70. The maximum atomic E-state index is 12.3. The van der Waals surface area contributed by atoms with Gasteiger partial charge in [0.15, 0.2) is 5.13 Å². The third kappa shape index (κ3) is 2.86. The fraction of sp³-hybridized carbons (Fsp3) is 0.231. The van der Waals surface area contributed by atoms with Gasteiger partial charge in [0.2, 0.25) is 0 Å². The van der Waals surface area contributed by atoms with E-state index in [-0.39, 0.29) is 5.91 Å². The lowest BCUT2D eigenvalue weighted by Gasteiger charge is -2.19. The molecule has 0 aliphatic carbocycles. The minimum absolute atomic E-state index is 0.234. The van der Waals surface area contributed by atoms with Crippen LogP contribution in [-0.4, -0.2) is 25.0 Å². The number of para-hydroxylation sites is 1.